The molecule has 0 unspecified atom stereocenters. The van der Waals surface area contributed by atoms with Crippen LogP contribution in [0.1, 0.15) is 23.6 Å². The molecule has 0 saturated heterocycles. The molecule has 0 aliphatic heterocycles. The second-order valence-electron chi connectivity index (χ2n) is 6.63. The van der Waals surface area contributed by atoms with E-state index in [1.807, 2.05) is 23.5 Å². The molecule has 0 aromatic heterocycles. The molecule has 0 heterocycles. The Hall–Kier alpha value is -1.64. The lowest BCUT2D eigenvalue weighted by molar-refractivity contribution is 0.877. The van der Waals surface area contributed by atoms with Gasteiger partial charge in [0.05, 0.1) is 4.08 Å². The van der Waals surface area contributed by atoms with E-state index in [-0.39, 0.29) is 4.08 Å². The Morgan fingerprint density at radius 3 is 1.52 bits per heavy atom. The molecular formula is C23H24S2. The minimum atomic E-state index is 0.0336. The Labute approximate surface area is 160 Å². The Bertz CT molecular complexity index is 742. The van der Waals surface area contributed by atoms with Gasteiger partial charge in [0.2, 0.25) is 0 Å². The van der Waals surface area contributed by atoms with Gasteiger partial charge in [-0.05, 0) is 57.0 Å². The normalized spacial score (nSPS) is 11.5. The van der Waals surface area contributed by atoms with Gasteiger partial charge in [0.1, 0.15) is 0 Å². The fraction of sp³-hybridized carbons (Fsp3) is 0.217. The van der Waals surface area contributed by atoms with Gasteiger partial charge in [-0.2, -0.15) is 0 Å². The zero-order chi connectivity index (χ0) is 17.7. The first-order chi connectivity index (χ1) is 12.0. The smallest absolute Gasteiger partial charge is 0.0717 e. The van der Waals surface area contributed by atoms with E-state index in [1.54, 1.807) is 0 Å². The predicted molar refractivity (Wildman–Crippen MR) is 113 cm³/mol. The molecule has 0 N–H and O–H groups in total. The summed E-state index contributed by atoms with van der Waals surface area (Å²) in [5, 5.41) is 0. The second-order valence-corrected chi connectivity index (χ2v) is 10.0. The summed E-state index contributed by atoms with van der Waals surface area (Å²) in [7, 11) is 0. The van der Waals surface area contributed by atoms with Crippen molar-refractivity contribution in [3.63, 3.8) is 0 Å². The van der Waals surface area contributed by atoms with Crippen molar-refractivity contribution in [2.75, 3.05) is 0 Å². The molecule has 0 fully saturated rings. The van der Waals surface area contributed by atoms with Crippen LogP contribution >= 0.6 is 23.5 Å². The number of aryl methyl sites for hydroxylation is 2. The van der Waals surface area contributed by atoms with E-state index >= 15 is 0 Å². The van der Waals surface area contributed by atoms with Crippen molar-refractivity contribution < 1.29 is 0 Å². The largest absolute Gasteiger partial charge is 0.108 e. The SMILES string of the molecule is Cc1ccc(SC(C)(Cc2ccccc2)Sc2ccc(C)cc2)cc1. The monoisotopic (exact) mass is 364 g/mol. The van der Waals surface area contributed by atoms with Crippen LogP contribution in [0.25, 0.3) is 0 Å². The van der Waals surface area contributed by atoms with E-state index in [9.17, 15) is 0 Å². The molecule has 0 aliphatic rings. The summed E-state index contributed by atoms with van der Waals surface area (Å²) < 4.78 is 0.0336. The number of hydrogen-bond acceptors (Lipinski definition) is 2. The first-order valence-electron chi connectivity index (χ1n) is 8.58. The van der Waals surface area contributed by atoms with E-state index in [2.05, 4.69) is 99.6 Å². The lowest BCUT2D eigenvalue weighted by Gasteiger charge is -2.29. The molecule has 3 aromatic carbocycles. The zero-order valence-corrected chi connectivity index (χ0v) is 16.7. The Morgan fingerprint density at radius 1 is 0.640 bits per heavy atom. The zero-order valence-electron chi connectivity index (χ0n) is 15.0. The van der Waals surface area contributed by atoms with Gasteiger partial charge in [-0.3, -0.25) is 0 Å². The van der Waals surface area contributed by atoms with Gasteiger partial charge >= 0.3 is 0 Å². The molecule has 0 saturated carbocycles. The highest BCUT2D eigenvalue weighted by atomic mass is 32.2. The van der Waals surface area contributed by atoms with Crippen molar-refractivity contribution in [2.45, 2.75) is 41.1 Å². The van der Waals surface area contributed by atoms with E-state index < -0.39 is 0 Å². The van der Waals surface area contributed by atoms with E-state index in [4.69, 9.17) is 0 Å². The molecule has 2 heteroatoms. The van der Waals surface area contributed by atoms with Crippen molar-refractivity contribution in [1.82, 2.24) is 0 Å². The lowest BCUT2D eigenvalue weighted by Crippen LogP contribution is -2.18. The summed E-state index contributed by atoms with van der Waals surface area (Å²) in [6.45, 7) is 6.63. The molecule has 0 radical (unpaired) electrons. The molecule has 0 nitrogen and oxygen atoms in total. The van der Waals surface area contributed by atoms with E-state index in [0.717, 1.165) is 6.42 Å². The van der Waals surface area contributed by atoms with Crippen molar-refractivity contribution in [1.29, 1.82) is 0 Å². The summed E-state index contributed by atoms with van der Waals surface area (Å²) in [6, 6.07) is 28.5. The molecule has 25 heavy (non-hydrogen) atoms. The molecule has 128 valence electrons. The van der Waals surface area contributed by atoms with Gasteiger partial charge in [0, 0.05) is 9.79 Å². The van der Waals surface area contributed by atoms with E-state index in [0.29, 0.717) is 0 Å². The first-order valence-corrected chi connectivity index (χ1v) is 10.2. The number of hydrogen-bond donors (Lipinski definition) is 0. The Morgan fingerprint density at radius 2 is 1.08 bits per heavy atom. The third kappa shape index (κ3) is 5.42. The average molecular weight is 365 g/mol. The van der Waals surface area contributed by atoms with Gasteiger partial charge in [-0.15, -0.1) is 23.5 Å². The van der Waals surface area contributed by atoms with E-state index in [1.165, 1.54) is 26.5 Å². The number of rotatable bonds is 6. The maximum atomic E-state index is 2.36. The lowest BCUT2D eigenvalue weighted by atomic mass is 10.1. The van der Waals surface area contributed by atoms with Crippen LogP contribution in [-0.4, -0.2) is 4.08 Å². The third-order valence-corrected chi connectivity index (χ3v) is 6.75. The molecule has 0 amide bonds. The summed E-state index contributed by atoms with van der Waals surface area (Å²) in [6.07, 6.45) is 1.02. The van der Waals surface area contributed by atoms with Crippen molar-refractivity contribution >= 4 is 23.5 Å². The molecular weight excluding hydrogens is 340 g/mol. The number of benzene rings is 3. The molecule has 3 aromatic rings. The minimum absolute atomic E-state index is 0.0336. The second kappa shape index (κ2) is 8.16. The molecule has 0 aliphatic carbocycles. The van der Waals surface area contributed by atoms with Gasteiger partial charge in [0.25, 0.3) is 0 Å². The Balaban J connectivity index is 1.86. The van der Waals surface area contributed by atoms with Crippen LogP contribution in [0.4, 0.5) is 0 Å². The minimum Gasteiger partial charge on any atom is -0.108 e. The fourth-order valence-corrected chi connectivity index (χ4v) is 5.53. The van der Waals surface area contributed by atoms with Crippen molar-refractivity contribution in [3.8, 4) is 0 Å². The highest BCUT2D eigenvalue weighted by Crippen LogP contribution is 2.47. The fourth-order valence-electron chi connectivity index (χ4n) is 2.77. The predicted octanol–water partition coefficient (Wildman–Crippen LogP) is 7.15. The first kappa shape index (κ1) is 18.2. The van der Waals surface area contributed by atoms with Crippen molar-refractivity contribution in [2.24, 2.45) is 0 Å². The maximum Gasteiger partial charge on any atom is 0.0717 e. The van der Waals surface area contributed by atoms with Crippen LogP contribution in [0.5, 0.6) is 0 Å². The molecule has 0 bridgehead atoms. The summed E-state index contributed by atoms with van der Waals surface area (Å²) in [4.78, 5) is 2.65. The van der Waals surface area contributed by atoms with Crippen LogP contribution in [0.15, 0.2) is 88.7 Å². The quantitative estimate of drug-likeness (QED) is 0.336. The van der Waals surface area contributed by atoms with Crippen LogP contribution in [-0.2, 0) is 6.42 Å². The highest BCUT2D eigenvalue weighted by molar-refractivity contribution is 8.18. The average Bonchev–Trinajstić information content (AvgIpc) is 2.60. The maximum absolute atomic E-state index is 2.36. The standard InChI is InChI=1S/C23H24S2/c1-18-9-13-21(14-10-18)24-23(3,17-20-7-5-4-6-8-20)25-22-15-11-19(2)12-16-22/h4-16H,17H2,1-3H3. The summed E-state index contributed by atoms with van der Waals surface area (Å²) in [5.41, 5.74) is 3.99. The van der Waals surface area contributed by atoms with Crippen LogP contribution < -0.4 is 0 Å². The van der Waals surface area contributed by atoms with Gasteiger partial charge in [-0.25, -0.2) is 0 Å². The topological polar surface area (TPSA) is 0 Å². The van der Waals surface area contributed by atoms with Crippen molar-refractivity contribution in [3.05, 3.63) is 95.6 Å². The van der Waals surface area contributed by atoms with Crippen LogP contribution in [0.3, 0.4) is 0 Å². The Kier molecular flexibility index (Phi) is 5.93. The highest BCUT2D eigenvalue weighted by Gasteiger charge is 2.28. The summed E-state index contributed by atoms with van der Waals surface area (Å²) in [5.74, 6) is 0. The summed E-state index contributed by atoms with van der Waals surface area (Å²) >= 11 is 3.91. The van der Waals surface area contributed by atoms with Gasteiger partial charge < -0.3 is 0 Å². The number of thioether (sulfide) groups is 2. The van der Waals surface area contributed by atoms with Gasteiger partial charge in [-0.1, -0.05) is 65.7 Å². The molecule has 3 rings (SSSR count). The third-order valence-electron chi connectivity index (χ3n) is 4.08. The van der Waals surface area contributed by atoms with Gasteiger partial charge in [0.15, 0.2) is 0 Å². The van der Waals surface area contributed by atoms with Crippen LogP contribution in [0, 0.1) is 13.8 Å². The molecule has 0 atom stereocenters. The van der Waals surface area contributed by atoms with Crippen LogP contribution in [0.2, 0.25) is 0 Å². The molecule has 0 spiro atoms.